The third-order valence-electron chi connectivity index (χ3n) is 9.91. The standard InChI is InChI=1S/C39H40N6O5S/c1-5-50-36-12-10-30(48-3)24-33(36)39(44-19-7-18-43(20-21-44)29-15-17-41-27(2)22-29)26-45(34-11-9-28(25-40)23-32(34)39)51(46,47)37-14-13-35(49-4)31-8-6-16-42-38(31)37/h6,8-17,22-24H,5,7,18-21,26H2,1-4H3. The minimum atomic E-state index is -4.23. The van der Waals surface area contributed by atoms with Gasteiger partial charge in [-0.05, 0) is 93.1 Å². The molecule has 4 heterocycles. The van der Waals surface area contributed by atoms with Crippen LogP contribution in [-0.2, 0) is 15.6 Å². The number of anilines is 2. The fourth-order valence-corrected chi connectivity index (χ4v) is 9.23. The van der Waals surface area contributed by atoms with Crippen LogP contribution in [0.5, 0.6) is 17.2 Å². The van der Waals surface area contributed by atoms with E-state index in [2.05, 4.69) is 31.9 Å². The molecule has 7 rings (SSSR count). The van der Waals surface area contributed by atoms with Gasteiger partial charge in [-0.25, -0.2) is 8.42 Å². The van der Waals surface area contributed by atoms with Crippen molar-refractivity contribution in [2.75, 3.05) is 62.8 Å². The van der Waals surface area contributed by atoms with Crippen LogP contribution in [0.25, 0.3) is 10.9 Å². The SMILES string of the molecule is CCOc1ccc(OC)cc1C1(N2CCCN(c3ccnc(C)c3)CC2)CN(S(=O)(=O)c2ccc(OC)c3cccnc23)c2ccc(C#N)cc21. The molecule has 1 saturated heterocycles. The number of pyridine rings is 2. The minimum absolute atomic E-state index is 0.0293. The van der Waals surface area contributed by atoms with E-state index in [1.54, 1.807) is 56.8 Å². The third-order valence-corrected chi connectivity index (χ3v) is 11.7. The van der Waals surface area contributed by atoms with Crippen LogP contribution in [0.4, 0.5) is 11.4 Å². The van der Waals surface area contributed by atoms with Gasteiger partial charge in [-0.3, -0.25) is 19.2 Å². The smallest absolute Gasteiger partial charge is 0.266 e. The molecule has 1 atom stereocenters. The Morgan fingerprint density at radius 1 is 0.882 bits per heavy atom. The van der Waals surface area contributed by atoms with Crippen LogP contribution in [0.1, 0.15) is 35.7 Å². The van der Waals surface area contributed by atoms with E-state index in [0.717, 1.165) is 29.9 Å². The van der Waals surface area contributed by atoms with E-state index < -0.39 is 15.6 Å². The highest BCUT2D eigenvalue weighted by molar-refractivity contribution is 7.93. The zero-order valence-electron chi connectivity index (χ0n) is 29.2. The molecule has 0 spiro atoms. The largest absolute Gasteiger partial charge is 0.497 e. The number of benzene rings is 3. The molecule has 1 unspecified atom stereocenters. The maximum atomic E-state index is 15.1. The maximum Gasteiger partial charge on any atom is 0.266 e. The molecule has 2 aliphatic heterocycles. The molecule has 0 saturated carbocycles. The predicted molar refractivity (Wildman–Crippen MR) is 196 cm³/mol. The van der Waals surface area contributed by atoms with E-state index in [0.29, 0.717) is 71.2 Å². The van der Waals surface area contributed by atoms with Crippen LogP contribution in [-0.4, -0.2) is 76.8 Å². The Morgan fingerprint density at radius 3 is 2.49 bits per heavy atom. The molecule has 0 amide bonds. The average molecular weight is 705 g/mol. The van der Waals surface area contributed by atoms with Gasteiger partial charge in [0.25, 0.3) is 10.0 Å². The minimum Gasteiger partial charge on any atom is -0.497 e. The first kappa shape index (κ1) is 34.1. The lowest BCUT2D eigenvalue weighted by molar-refractivity contribution is 0.143. The number of nitriles is 1. The summed E-state index contributed by atoms with van der Waals surface area (Å²) < 4.78 is 49.4. The Kier molecular flexibility index (Phi) is 9.18. The summed E-state index contributed by atoms with van der Waals surface area (Å²) in [6.45, 7) is 7.09. The molecule has 11 nitrogen and oxygen atoms in total. The fraction of sp³-hybridized carbons (Fsp3) is 0.308. The number of nitrogens with zero attached hydrogens (tertiary/aromatic N) is 6. The highest BCUT2D eigenvalue weighted by Crippen LogP contribution is 2.53. The van der Waals surface area contributed by atoms with Gasteiger partial charge < -0.3 is 19.1 Å². The topological polar surface area (TPSA) is 121 Å². The number of sulfonamides is 1. The van der Waals surface area contributed by atoms with E-state index in [4.69, 9.17) is 14.2 Å². The van der Waals surface area contributed by atoms with E-state index in [1.165, 1.54) is 4.31 Å². The Hall–Kier alpha value is -5.38. The predicted octanol–water partition coefficient (Wildman–Crippen LogP) is 5.89. The van der Waals surface area contributed by atoms with Gasteiger partial charge >= 0.3 is 0 Å². The van der Waals surface area contributed by atoms with Gasteiger partial charge in [0.05, 0.1) is 55.7 Å². The second-order valence-corrected chi connectivity index (χ2v) is 14.5. The van der Waals surface area contributed by atoms with Gasteiger partial charge in [0.1, 0.15) is 22.1 Å². The van der Waals surface area contributed by atoms with Crippen LogP contribution in [0.3, 0.4) is 0 Å². The fourth-order valence-electron chi connectivity index (χ4n) is 7.57. The second-order valence-electron chi connectivity index (χ2n) is 12.7. The van der Waals surface area contributed by atoms with Gasteiger partial charge in [-0.2, -0.15) is 5.26 Å². The summed E-state index contributed by atoms with van der Waals surface area (Å²) in [6.07, 6.45) is 4.22. The lowest BCUT2D eigenvalue weighted by atomic mass is 9.81. The van der Waals surface area contributed by atoms with Crippen LogP contribution in [0, 0.1) is 18.3 Å². The Balaban J connectivity index is 1.45. The van der Waals surface area contributed by atoms with Crippen molar-refractivity contribution in [1.29, 1.82) is 5.26 Å². The Morgan fingerprint density at radius 2 is 1.73 bits per heavy atom. The number of rotatable bonds is 9. The maximum absolute atomic E-state index is 15.1. The summed E-state index contributed by atoms with van der Waals surface area (Å²) in [6, 6.07) is 24.1. The second kappa shape index (κ2) is 13.7. The van der Waals surface area contributed by atoms with Gasteiger partial charge in [0, 0.05) is 66.5 Å². The van der Waals surface area contributed by atoms with Crippen LogP contribution >= 0.6 is 0 Å². The highest BCUT2D eigenvalue weighted by Gasteiger charge is 2.53. The average Bonchev–Trinajstić information content (AvgIpc) is 3.30. The van der Waals surface area contributed by atoms with Crippen LogP contribution < -0.4 is 23.4 Å². The first-order valence-electron chi connectivity index (χ1n) is 17.0. The number of ether oxygens (including phenoxy) is 3. The summed E-state index contributed by atoms with van der Waals surface area (Å²) in [7, 11) is -1.07. The van der Waals surface area contributed by atoms with E-state index in [1.807, 2.05) is 50.4 Å². The number of fused-ring (bicyclic) bond motifs is 2. The van der Waals surface area contributed by atoms with Crippen molar-refractivity contribution < 1.29 is 22.6 Å². The van der Waals surface area contributed by atoms with Crippen molar-refractivity contribution in [2.45, 2.75) is 30.7 Å². The molecule has 0 N–H and O–H groups in total. The van der Waals surface area contributed by atoms with Crippen molar-refractivity contribution in [1.82, 2.24) is 14.9 Å². The molecule has 0 bridgehead atoms. The van der Waals surface area contributed by atoms with E-state index in [-0.39, 0.29) is 11.4 Å². The lowest BCUT2D eigenvalue weighted by Gasteiger charge is -2.42. The van der Waals surface area contributed by atoms with E-state index >= 15 is 8.42 Å². The normalized spacial score (nSPS) is 17.9. The molecular weight excluding hydrogens is 665 g/mol. The van der Waals surface area contributed by atoms with Gasteiger partial charge in [-0.15, -0.1) is 0 Å². The molecule has 5 aromatic rings. The molecular formula is C39H40N6O5S. The summed E-state index contributed by atoms with van der Waals surface area (Å²) in [5, 5.41) is 10.8. The van der Waals surface area contributed by atoms with Gasteiger partial charge in [0.15, 0.2) is 0 Å². The Bertz CT molecular complexity index is 2260. The summed E-state index contributed by atoms with van der Waals surface area (Å²) >= 11 is 0. The van der Waals surface area contributed by atoms with Crippen molar-refractivity contribution in [3.8, 4) is 23.3 Å². The summed E-state index contributed by atoms with van der Waals surface area (Å²) in [5.74, 6) is 1.76. The van der Waals surface area contributed by atoms with Gasteiger partial charge in [0.2, 0.25) is 0 Å². The number of hydrogen-bond donors (Lipinski definition) is 0. The molecule has 51 heavy (non-hydrogen) atoms. The number of aromatic nitrogens is 2. The number of hydrogen-bond acceptors (Lipinski definition) is 10. The van der Waals surface area contributed by atoms with Crippen molar-refractivity contribution in [3.63, 3.8) is 0 Å². The zero-order chi connectivity index (χ0) is 35.8. The first-order chi connectivity index (χ1) is 24.7. The first-order valence-corrected chi connectivity index (χ1v) is 18.4. The monoisotopic (exact) mass is 704 g/mol. The zero-order valence-corrected chi connectivity index (χ0v) is 30.0. The molecule has 3 aromatic carbocycles. The molecule has 2 aromatic heterocycles. The van der Waals surface area contributed by atoms with Crippen molar-refractivity contribution >= 4 is 32.3 Å². The van der Waals surface area contributed by atoms with Gasteiger partial charge in [-0.1, -0.05) is 0 Å². The Labute approximate surface area is 298 Å². The van der Waals surface area contributed by atoms with E-state index in [9.17, 15) is 5.26 Å². The lowest BCUT2D eigenvalue weighted by Crippen LogP contribution is -2.52. The molecule has 2 aliphatic rings. The third kappa shape index (κ3) is 5.86. The quantitative estimate of drug-likeness (QED) is 0.184. The van der Waals surface area contributed by atoms with Crippen LogP contribution in [0.15, 0.2) is 90.1 Å². The number of methoxy groups -OCH3 is 2. The summed E-state index contributed by atoms with van der Waals surface area (Å²) in [4.78, 5) is 13.7. The summed E-state index contributed by atoms with van der Waals surface area (Å²) in [5.41, 5.74) is 3.69. The highest BCUT2D eigenvalue weighted by atomic mass is 32.2. The number of aryl methyl sites for hydroxylation is 1. The van der Waals surface area contributed by atoms with Crippen molar-refractivity contribution in [2.24, 2.45) is 0 Å². The molecule has 1 fully saturated rings. The van der Waals surface area contributed by atoms with Crippen LogP contribution in [0.2, 0.25) is 0 Å². The molecule has 262 valence electrons. The molecule has 0 radical (unpaired) electrons. The molecule has 12 heteroatoms. The molecule has 0 aliphatic carbocycles. The van der Waals surface area contributed by atoms with Crippen molar-refractivity contribution in [3.05, 3.63) is 108 Å².